The zero-order valence-corrected chi connectivity index (χ0v) is 8.27. The monoisotopic (exact) mass is 201 g/mol. The van der Waals surface area contributed by atoms with E-state index in [0.29, 0.717) is 11.7 Å². The highest BCUT2D eigenvalue weighted by Crippen LogP contribution is 2.14. The lowest BCUT2D eigenvalue weighted by Crippen LogP contribution is -2.11. The van der Waals surface area contributed by atoms with E-state index in [9.17, 15) is 4.79 Å². The summed E-state index contributed by atoms with van der Waals surface area (Å²) >= 11 is 1.37. The lowest BCUT2D eigenvalue weighted by molar-refractivity contribution is 0.187. The number of carbonyl (C=O) groups excluding carboxylic acids is 1. The van der Waals surface area contributed by atoms with Crippen LogP contribution in [0.2, 0.25) is 0 Å². The number of rotatable bonds is 3. The lowest BCUT2D eigenvalue weighted by atomic mass is 10.5. The zero-order chi connectivity index (χ0) is 9.68. The second-order valence-electron chi connectivity index (χ2n) is 2.29. The van der Waals surface area contributed by atoms with E-state index in [4.69, 9.17) is 0 Å². The number of methoxy groups -OCH3 is 1. The first-order chi connectivity index (χ1) is 6.26. The molecule has 0 unspecified atom stereocenters. The van der Waals surface area contributed by atoms with Gasteiger partial charge < -0.3 is 10.1 Å². The number of hydrogen-bond acceptors (Lipinski definition) is 5. The first kappa shape index (κ1) is 9.94. The van der Waals surface area contributed by atoms with Crippen LogP contribution in [0.25, 0.3) is 0 Å². The van der Waals surface area contributed by atoms with Crippen LogP contribution in [-0.2, 0) is 11.3 Å². The molecule has 0 aromatic carbocycles. The molecule has 2 N–H and O–H groups in total. The third-order valence-corrected chi connectivity index (χ3v) is 2.11. The van der Waals surface area contributed by atoms with Crippen molar-refractivity contribution in [3.05, 3.63) is 11.1 Å². The van der Waals surface area contributed by atoms with Crippen molar-refractivity contribution in [1.82, 2.24) is 10.3 Å². The van der Waals surface area contributed by atoms with Crippen LogP contribution in [0.5, 0.6) is 0 Å². The first-order valence-electron chi connectivity index (χ1n) is 3.70. The third-order valence-electron chi connectivity index (χ3n) is 1.30. The number of anilines is 1. The molecule has 0 radical (unpaired) electrons. The van der Waals surface area contributed by atoms with E-state index in [0.717, 1.165) is 5.69 Å². The van der Waals surface area contributed by atoms with Crippen LogP contribution in [0.3, 0.4) is 0 Å². The molecule has 72 valence electrons. The molecule has 0 saturated carbocycles. The molecule has 0 fully saturated rings. The second-order valence-corrected chi connectivity index (χ2v) is 3.15. The largest absolute Gasteiger partial charge is 0.453 e. The fourth-order valence-corrected chi connectivity index (χ4v) is 1.46. The van der Waals surface area contributed by atoms with Gasteiger partial charge in [0, 0.05) is 11.9 Å². The van der Waals surface area contributed by atoms with Gasteiger partial charge in [-0.1, -0.05) is 0 Å². The van der Waals surface area contributed by atoms with E-state index >= 15 is 0 Å². The maximum atomic E-state index is 10.8. The van der Waals surface area contributed by atoms with Gasteiger partial charge in [0.1, 0.15) is 0 Å². The molecule has 1 amide bonds. The van der Waals surface area contributed by atoms with Gasteiger partial charge in [0.15, 0.2) is 5.13 Å². The Labute approximate surface area is 80.1 Å². The molecule has 0 aliphatic heterocycles. The van der Waals surface area contributed by atoms with Crippen molar-refractivity contribution in [2.24, 2.45) is 0 Å². The van der Waals surface area contributed by atoms with E-state index in [2.05, 4.69) is 20.4 Å². The number of thiazole rings is 1. The van der Waals surface area contributed by atoms with Gasteiger partial charge in [-0.25, -0.2) is 9.78 Å². The number of nitrogens with one attached hydrogen (secondary N) is 2. The van der Waals surface area contributed by atoms with Crippen molar-refractivity contribution in [2.45, 2.75) is 6.54 Å². The van der Waals surface area contributed by atoms with Gasteiger partial charge in [-0.3, -0.25) is 5.32 Å². The smallest absolute Gasteiger partial charge is 0.413 e. The number of aromatic nitrogens is 1. The van der Waals surface area contributed by atoms with Gasteiger partial charge in [0.05, 0.1) is 12.8 Å². The van der Waals surface area contributed by atoms with Gasteiger partial charge >= 0.3 is 6.09 Å². The molecule has 5 nitrogen and oxygen atoms in total. The maximum absolute atomic E-state index is 10.8. The van der Waals surface area contributed by atoms with Crippen LogP contribution < -0.4 is 10.6 Å². The Hall–Kier alpha value is -1.14. The normalized spacial score (nSPS) is 9.69. The van der Waals surface area contributed by atoms with Gasteiger partial charge in [-0.05, 0) is 7.05 Å². The van der Waals surface area contributed by atoms with Crippen LogP contribution in [0.15, 0.2) is 5.38 Å². The molecule has 1 rings (SSSR count). The highest BCUT2D eigenvalue weighted by Gasteiger charge is 2.04. The molecule has 6 heteroatoms. The highest BCUT2D eigenvalue weighted by atomic mass is 32.1. The minimum Gasteiger partial charge on any atom is -0.453 e. The van der Waals surface area contributed by atoms with E-state index in [-0.39, 0.29) is 0 Å². The second kappa shape index (κ2) is 4.78. The molecule has 0 spiro atoms. The molecule has 0 saturated heterocycles. The Bertz CT molecular complexity index is 287. The number of amides is 1. The molecular formula is C7H11N3O2S. The third kappa shape index (κ3) is 3.00. The molecule has 1 aromatic heterocycles. The number of hydrogen-bond donors (Lipinski definition) is 2. The molecular weight excluding hydrogens is 190 g/mol. The number of ether oxygens (including phenoxy) is 1. The summed E-state index contributed by atoms with van der Waals surface area (Å²) in [6.45, 7) is 0.694. The summed E-state index contributed by atoms with van der Waals surface area (Å²) in [5, 5.41) is 7.88. The Morgan fingerprint density at radius 2 is 2.54 bits per heavy atom. The van der Waals surface area contributed by atoms with Crippen LogP contribution in [0, 0.1) is 0 Å². The Morgan fingerprint density at radius 3 is 3.15 bits per heavy atom. The molecule has 1 heterocycles. The Morgan fingerprint density at radius 1 is 1.77 bits per heavy atom. The SMILES string of the molecule is CNCc1csc(NC(=O)OC)n1. The summed E-state index contributed by atoms with van der Waals surface area (Å²) in [5.74, 6) is 0. The fraction of sp³-hybridized carbons (Fsp3) is 0.429. The van der Waals surface area contributed by atoms with Gasteiger partial charge in [0.2, 0.25) is 0 Å². The first-order valence-corrected chi connectivity index (χ1v) is 4.58. The van der Waals surface area contributed by atoms with Gasteiger partial charge in [-0.15, -0.1) is 11.3 Å². The van der Waals surface area contributed by atoms with Crippen molar-refractivity contribution in [3.63, 3.8) is 0 Å². The molecule has 0 aliphatic carbocycles. The summed E-state index contributed by atoms with van der Waals surface area (Å²) in [5.41, 5.74) is 0.902. The summed E-state index contributed by atoms with van der Waals surface area (Å²) < 4.78 is 4.42. The van der Waals surface area contributed by atoms with Crippen LogP contribution in [0.1, 0.15) is 5.69 Å². The van der Waals surface area contributed by atoms with Gasteiger partial charge in [0.25, 0.3) is 0 Å². The zero-order valence-electron chi connectivity index (χ0n) is 7.46. The van der Waals surface area contributed by atoms with Crippen LogP contribution in [0.4, 0.5) is 9.93 Å². The summed E-state index contributed by atoms with van der Waals surface area (Å²) in [6.07, 6.45) is -0.495. The van der Waals surface area contributed by atoms with Gasteiger partial charge in [-0.2, -0.15) is 0 Å². The summed E-state index contributed by atoms with van der Waals surface area (Å²) in [6, 6.07) is 0. The number of nitrogens with zero attached hydrogens (tertiary/aromatic N) is 1. The predicted octanol–water partition coefficient (Wildman–Crippen LogP) is 1.04. The Balaban J connectivity index is 2.53. The van der Waals surface area contributed by atoms with Crippen LogP contribution >= 0.6 is 11.3 Å². The molecule has 1 aromatic rings. The van der Waals surface area contributed by atoms with E-state index < -0.39 is 6.09 Å². The minimum atomic E-state index is -0.495. The minimum absolute atomic E-state index is 0.495. The van der Waals surface area contributed by atoms with Crippen molar-refractivity contribution >= 4 is 22.6 Å². The van der Waals surface area contributed by atoms with Crippen molar-refractivity contribution in [3.8, 4) is 0 Å². The standard InChI is InChI=1S/C7H11N3O2S/c1-8-3-5-4-13-6(9-5)10-7(11)12-2/h4,8H,3H2,1-2H3,(H,9,10,11). The quantitative estimate of drug-likeness (QED) is 0.767. The van der Waals surface area contributed by atoms with Crippen molar-refractivity contribution in [1.29, 1.82) is 0 Å². The summed E-state index contributed by atoms with van der Waals surface area (Å²) in [7, 11) is 3.16. The Kier molecular flexibility index (Phi) is 3.66. The van der Waals surface area contributed by atoms with E-state index in [1.165, 1.54) is 18.4 Å². The van der Waals surface area contributed by atoms with Crippen molar-refractivity contribution in [2.75, 3.05) is 19.5 Å². The molecule has 13 heavy (non-hydrogen) atoms. The fourth-order valence-electron chi connectivity index (χ4n) is 0.765. The predicted molar refractivity (Wildman–Crippen MR) is 50.9 cm³/mol. The summed E-state index contributed by atoms with van der Waals surface area (Å²) in [4.78, 5) is 14.9. The lowest BCUT2D eigenvalue weighted by Gasteiger charge is -1.97. The average molecular weight is 201 g/mol. The van der Waals surface area contributed by atoms with E-state index in [1.807, 2.05) is 12.4 Å². The maximum Gasteiger partial charge on any atom is 0.413 e. The van der Waals surface area contributed by atoms with Crippen LogP contribution in [-0.4, -0.2) is 25.2 Å². The molecule has 0 aliphatic rings. The average Bonchev–Trinajstić information content (AvgIpc) is 2.53. The number of carbonyl (C=O) groups is 1. The molecule has 0 bridgehead atoms. The topological polar surface area (TPSA) is 63.2 Å². The highest BCUT2D eigenvalue weighted by molar-refractivity contribution is 7.13. The van der Waals surface area contributed by atoms with Crippen molar-refractivity contribution < 1.29 is 9.53 Å². The molecule has 0 atom stereocenters. The van der Waals surface area contributed by atoms with E-state index in [1.54, 1.807) is 0 Å².